The summed E-state index contributed by atoms with van der Waals surface area (Å²) in [5.74, 6) is 0.978. The fourth-order valence-corrected chi connectivity index (χ4v) is 2.83. The molecule has 2 N–H and O–H groups in total. The van der Waals surface area contributed by atoms with Crippen molar-refractivity contribution in [3.05, 3.63) is 35.9 Å². The summed E-state index contributed by atoms with van der Waals surface area (Å²) < 4.78 is 0. The first-order valence-corrected chi connectivity index (χ1v) is 7.29. The van der Waals surface area contributed by atoms with Crippen LogP contribution in [0, 0.1) is 11.8 Å². The molecule has 1 aliphatic rings. The van der Waals surface area contributed by atoms with Crippen LogP contribution in [0.1, 0.15) is 19.4 Å². The zero-order valence-corrected chi connectivity index (χ0v) is 12.0. The lowest BCUT2D eigenvalue weighted by Gasteiger charge is -2.18. The average Bonchev–Trinajstić information content (AvgIpc) is 2.79. The van der Waals surface area contributed by atoms with E-state index in [0.717, 1.165) is 26.2 Å². The van der Waals surface area contributed by atoms with Gasteiger partial charge in [-0.15, -0.1) is 0 Å². The van der Waals surface area contributed by atoms with Gasteiger partial charge in [0, 0.05) is 32.3 Å². The smallest absolute Gasteiger partial charge is 0.0475 e. The van der Waals surface area contributed by atoms with Gasteiger partial charge in [0.25, 0.3) is 0 Å². The number of benzene rings is 1. The molecule has 0 saturated carbocycles. The fourth-order valence-electron chi connectivity index (χ4n) is 2.83. The average molecular weight is 262 g/mol. The third kappa shape index (κ3) is 4.30. The molecule has 3 nitrogen and oxygen atoms in total. The molecule has 1 fully saturated rings. The molecule has 0 spiro atoms. The molecule has 2 rings (SSSR count). The first kappa shape index (κ1) is 14.5. The highest BCUT2D eigenvalue weighted by molar-refractivity contribution is 5.14. The SMILES string of the molecule is CC(C)NCC1CN(Cc2ccccc2)CC1CO. The van der Waals surface area contributed by atoms with E-state index in [0.29, 0.717) is 24.5 Å². The normalized spacial score (nSPS) is 24.2. The minimum absolute atomic E-state index is 0.301. The van der Waals surface area contributed by atoms with Gasteiger partial charge >= 0.3 is 0 Å². The maximum atomic E-state index is 9.53. The summed E-state index contributed by atoms with van der Waals surface area (Å²) in [6.07, 6.45) is 0. The van der Waals surface area contributed by atoms with Gasteiger partial charge in [0.15, 0.2) is 0 Å². The van der Waals surface area contributed by atoms with E-state index >= 15 is 0 Å². The molecule has 2 unspecified atom stereocenters. The number of nitrogens with one attached hydrogen (secondary N) is 1. The van der Waals surface area contributed by atoms with Gasteiger partial charge in [-0.05, 0) is 23.9 Å². The van der Waals surface area contributed by atoms with Crippen molar-refractivity contribution in [2.75, 3.05) is 26.2 Å². The molecule has 1 aromatic rings. The molecule has 1 saturated heterocycles. The Kier molecular flexibility index (Phi) is 5.37. The molecule has 0 radical (unpaired) electrons. The predicted octanol–water partition coefficient (Wildman–Crippen LogP) is 1.72. The van der Waals surface area contributed by atoms with Crippen molar-refractivity contribution in [3.8, 4) is 0 Å². The second kappa shape index (κ2) is 7.04. The van der Waals surface area contributed by atoms with Crippen LogP contribution >= 0.6 is 0 Å². The second-order valence-corrected chi connectivity index (χ2v) is 5.95. The Balaban J connectivity index is 1.87. The zero-order chi connectivity index (χ0) is 13.7. The van der Waals surface area contributed by atoms with Gasteiger partial charge in [-0.3, -0.25) is 4.90 Å². The largest absolute Gasteiger partial charge is 0.396 e. The van der Waals surface area contributed by atoms with Crippen LogP contribution in [-0.4, -0.2) is 42.3 Å². The third-order valence-corrected chi connectivity index (χ3v) is 3.92. The number of rotatable bonds is 6. The maximum absolute atomic E-state index is 9.53. The summed E-state index contributed by atoms with van der Waals surface area (Å²) in [5, 5.41) is 13.0. The number of likely N-dealkylation sites (tertiary alicyclic amines) is 1. The van der Waals surface area contributed by atoms with E-state index in [1.54, 1.807) is 0 Å². The molecular formula is C16H26N2O. The molecule has 3 heteroatoms. The van der Waals surface area contributed by atoms with Crippen LogP contribution in [0.25, 0.3) is 0 Å². The van der Waals surface area contributed by atoms with Gasteiger partial charge in [-0.1, -0.05) is 44.2 Å². The van der Waals surface area contributed by atoms with Crippen molar-refractivity contribution < 1.29 is 5.11 Å². The first-order chi connectivity index (χ1) is 9.19. The minimum Gasteiger partial charge on any atom is -0.396 e. The van der Waals surface area contributed by atoms with Gasteiger partial charge < -0.3 is 10.4 Å². The highest BCUT2D eigenvalue weighted by atomic mass is 16.3. The summed E-state index contributed by atoms with van der Waals surface area (Å²) in [7, 11) is 0. The monoisotopic (exact) mass is 262 g/mol. The van der Waals surface area contributed by atoms with Gasteiger partial charge in [0.2, 0.25) is 0 Å². The van der Waals surface area contributed by atoms with Crippen LogP contribution in [0.15, 0.2) is 30.3 Å². The molecule has 19 heavy (non-hydrogen) atoms. The predicted molar refractivity (Wildman–Crippen MR) is 78.9 cm³/mol. The summed E-state index contributed by atoms with van der Waals surface area (Å²) in [5.41, 5.74) is 1.36. The van der Waals surface area contributed by atoms with Crippen LogP contribution in [-0.2, 0) is 6.54 Å². The Morgan fingerprint density at radius 3 is 2.53 bits per heavy atom. The van der Waals surface area contributed by atoms with Crippen molar-refractivity contribution in [2.24, 2.45) is 11.8 Å². The van der Waals surface area contributed by atoms with Crippen molar-refractivity contribution in [1.29, 1.82) is 0 Å². The van der Waals surface area contributed by atoms with Crippen LogP contribution in [0.2, 0.25) is 0 Å². The minimum atomic E-state index is 0.301. The van der Waals surface area contributed by atoms with Gasteiger partial charge in [0.1, 0.15) is 0 Å². The molecule has 0 aromatic heterocycles. The van der Waals surface area contributed by atoms with Gasteiger partial charge in [-0.2, -0.15) is 0 Å². The van der Waals surface area contributed by atoms with Gasteiger partial charge in [0.05, 0.1) is 0 Å². The quantitative estimate of drug-likeness (QED) is 0.819. The highest BCUT2D eigenvalue weighted by Gasteiger charge is 2.31. The Morgan fingerprint density at radius 2 is 1.89 bits per heavy atom. The van der Waals surface area contributed by atoms with Crippen molar-refractivity contribution in [3.63, 3.8) is 0 Å². The summed E-state index contributed by atoms with van der Waals surface area (Å²) in [6.45, 7) is 8.74. The second-order valence-electron chi connectivity index (χ2n) is 5.95. The zero-order valence-electron chi connectivity index (χ0n) is 12.0. The molecule has 1 aromatic carbocycles. The van der Waals surface area contributed by atoms with Crippen LogP contribution < -0.4 is 5.32 Å². The van der Waals surface area contributed by atoms with Crippen molar-refractivity contribution >= 4 is 0 Å². The summed E-state index contributed by atoms with van der Waals surface area (Å²) in [6, 6.07) is 11.1. The van der Waals surface area contributed by atoms with E-state index in [2.05, 4.69) is 54.4 Å². The molecular weight excluding hydrogens is 236 g/mol. The van der Waals surface area contributed by atoms with E-state index in [1.807, 2.05) is 0 Å². The van der Waals surface area contributed by atoms with E-state index in [1.165, 1.54) is 5.56 Å². The van der Waals surface area contributed by atoms with E-state index < -0.39 is 0 Å². The van der Waals surface area contributed by atoms with Crippen molar-refractivity contribution in [2.45, 2.75) is 26.4 Å². The topological polar surface area (TPSA) is 35.5 Å². The number of aliphatic hydroxyl groups is 1. The summed E-state index contributed by atoms with van der Waals surface area (Å²) >= 11 is 0. The van der Waals surface area contributed by atoms with E-state index in [4.69, 9.17) is 0 Å². The first-order valence-electron chi connectivity index (χ1n) is 7.29. The lowest BCUT2D eigenvalue weighted by atomic mass is 9.97. The maximum Gasteiger partial charge on any atom is 0.0475 e. The molecule has 2 atom stereocenters. The number of nitrogens with zero attached hydrogens (tertiary/aromatic N) is 1. The van der Waals surface area contributed by atoms with E-state index in [-0.39, 0.29) is 0 Å². The number of hydrogen-bond acceptors (Lipinski definition) is 3. The highest BCUT2D eigenvalue weighted by Crippen LogP contribution is 2.24. The third-order valence-electron chi connectivity index (χ3n) is 3.92. The molecule has 0 bridgehead atoms. The lowest BCUT2D eigenvalue weighted by molar-refractivity contribution is 0.197. The van der Waals surface area contributed by atoms with Gasteiger partial charge in [-0.25, -0.2) is 0 Å². The Hall–Kier alpha value is -0.900. The molecule has 0 aliphatic carbocycles. The molecule has 106 valence electrons. The van der Waals surface area contributed by atoms with Crippen LogP contribution in [0.4, 0.5) is 0 Å². The summed E-state index contributed by atoms with van der Waals surface area (Å²) in [4.78, 5) is 2.46. The molecule has 0 amide bonds. The lowest BCUT2D eigenvalue weighted by Crippen LogP contribution is -2.33. The fraction of sp³-hybridized carbons (Fsp3) is 0.625. The Labute approximate surface area is 116 Å². The Bertz CT molecular complexity index is 366. The van der Waals surface area contributed by atoms with E-state index in [9.17, 15) is 5.11 Å². The Morgan fingerprint density at radius 1 is 1.21 bits per heavy atom. The molecule has 1 aliphatic heterocycles. The number of aliphatic hydroxyl groups excluding tert-OH is 1. The standard InChI is InChI=1S/C16H26N2O/c1-13(2)17-8-15-10-18(11-16(15)12-19)9-14-6-4-3-5-7-14/h3-7,13,15-17,19H,8-12H2,1-2H3. The molecule has 1 heterocycles. The number of hydrogen-bond donors (Lipinski definition) is 2. The van der Waals surface area contributed by atoms with Crippen LogP contribution in [0.3, 0.4) is 0 Å². The van der Waals surface area contributed by atoms with Crippen molar-refractivity contribution in [1.82, 2.24) is 10.2 Å². The van der Waals surface area contributed by atoms with Crippen LogP contribution in [0.5, 0.6) is 0 Å².